The number of aliphatic imine (C=N–C) groups is 1. The third-order valence-electron chi connectivity index (χ3n) is 4.26. The molecule has 2 aliphatic rings. The van der Waals surface area contributed by atoms with Crippen molar-refractivity contribution < 1.29 is 14.2 Å². The molecular weight excluding hydrogens is 409 g/mol. The average molecular weight is 441 g/mol. The Bertz CT molecular complexity index is 333. The van der Waals surface area contributed by atoms with Crippen LogP contribution in [0.4, 0.5) is 0 Å². The van der Waals surface area contributed by atoms with E-state index >= 15 is 0 Å². The lowest BCUT2D eigenvalue weighted by Gasteiger charge is -2.24. The molecule has 2 saturated heterocycles. The average Bonchev–Trinajstić information content (AvgIpc) is 3.20. The molecule has 7 heteroatoms. The maximum Gasteiger partial charge on any atom is 0.193 e. The fourth-order valence-corrected chi connectivity index (χ4v) is 2.93. The molecule has 2 rings (SSSR count). The van der Waals surface area contributed by atoms with Gasteiger partial charge in [0.2, 0.25) is 0 Å². The fourth-order valence-electron chi connectivity index (χ4n) is 2.93. The van der Waals surface area contributed by atoms with Gasteiger partial charge in [-0.1, -0.05) is 0 Å². The minimum Gasteiger partial charge on any atom is -0.381 e. The zero-order chi connectivity index (χ0) is 15.6. The Morgan fingerprint density at radius 3 is 2.52 bits per heavy atom. The van der Waals surface area contributed by atoms with Gasteiger partial charge < -0.3 is 24.4 Å². The van der Waals surface area contributed by atoms with Crippen LogP contribution in [0.25, 0.3) is 0 Å². The Morgan fingerprint density at radius 1 is 1.22 bits per heavy atom. The zero-order valence-electron chi connectivity index (χ0n) is 14.5. The molecule has 136 valence electrons. The lowest BCUT2D eigenvalue weighted by molar-refractivity contribution is 0.0887. The first-order chi connectivity index (χ1) is 10.8. The summed E-state index contributed by atoms with van der Waals surface area (Å²) in [6.07, 6.45) is 3.29. The monoisotopic (exact) mass is 441 g/mol. The Morgan fingerprint density at radius 2 is 1.91 bits per heavy atom. The van der Waals surface area contributed by atoms with E-state index in [9.17, 15) is 0 Å². The summed E-state index contributed by atoms with van der Waals surface area (Å²) in [6, 6.07) is 0. The van der Waals surface area contributed by atoms with Crippen LogP contribution in [0.1, 0.15) is 19.3 Å². The second kappa shape index (κ2) is 12.3. The topological polar surface area (TPSA) is 55.3 Å². The predicted molar refractivity (Wildman–Crippen MR) is 103 cm³/mol. The van der Waals surface area contributed by atoms with Gasteiger partial charge in [-0.2, -0.15) is 0 Å². The van der Waals surface area contributed by atoms with Crippen LogP contribution in [-0.2, 0) is 14.2 Å². The second-order valence-electron chi connectivity index (χ2n) is 6.24. The number of nitrogens with zero attached hydrogens (tertiary/aromatic N) is 2. The standard InChI is InChI=1S/C16H31N3O3.HI/c1-17-16(19(2)10-14-4-8-21-11-14)18-6-3-7-20-12-15-5-9-22-13-15;/h14-15H,3-13H2,1-2H3,(H,17,18);1H. The summed E-state index contributed by atoms with van der Waals surface area (Å²) in [7, 11) is 3.92. The third-order valence-corrected chi connectivity index (χ3v) is 4.26. The van der Waals surface area contributed by atoms with Crippen LogP contribution in [0, 0.1) is 11.8 Å². The Labute approximate surface area is 157 Å². The van der Waals surface area contributed by atoms with Crippen LogP contribution in [-0.4, -0.2) is 77.7 Å². The highest BCUT2D eigenvalue weighted by Gasteiger charge is 2.19. The number of ether oxygens (including phenoxy) is 3. The first-order valence-electron chi connectivity index (χ1n) is 8.44. The molecule has 0 bridgehead atoms. The van der Waals surface area contributed by atoms with Crippen molar-refractivity contribution in [2.45, 2.75) is 19.3 Å². The lowest BCUT2D eigenvalue weighted by Crippen LogP contribution is -2.42. The molecule has 0 amide bonds. The number of rotatable bonds is 8. The summed E-state index contributed by atoms with van der Waals surface area (Å²) in [6.45, 7) is 7.03. The molecule has 0 radical (unpaired) electrons. The summed E-state index contributed by atoms with van der Waals surface area (Å²) in [4.78, 5) is 6.53. The van der Waals surface area contributed by atoms with Crippen LogP contribution >= 0.6 is 24.0 Å². The number of hydrogen-bond acceptors (Lipinski definition) is 4. The molecule has 0 spiro atoms. The van der Waals surface area contributed by atoms with Crippen molar-refractivity contribution in [3.8, 4) is 0 Å². The normalized spacial score (nSPS) is 24.5. The summed E-state index contributed by atoms with van der Waals surface area (Å²) < 4.78 is 16.5. The van der Waals surface area contributed by atoms with E-state index in [-0.39, 0.29) is 24.0 Å². The molecule has 0 saturated carbocycles. The highest BCUT2D eigenvalue weighted by molar-refractivity contribution is 14.0. The SMILES string of the molecule is CN=C(NCCCOCC1CCOC1)N(C)CC1CCOC1.I. The third kappa shape index (κ3) is 8.00. The van der Waals surface area contributed by atoms with E-state index < -0.39 is 0 Å². The molecule has 0 aromatic carbocycles. The molecule has 1 N–H and O–H groups in total. The quantitative estimate of drug-likeness (QED) is 0.269. The van der Waals surface area contributed by atoms with Crippen molar-refractivity contribution in [2.75, 3.05) is 66.8 Å². The molecule has 0 aromatic rings. The van der Waals surface area contributed by atoms with Gasteiger partial charge in [-0.15, -0.1) is 24.0 Å². The van der Waals surface area contributed by atoms with E-state index in [0.717, 1.165) is 78.0 Å². The number of nitrogens with one attached hydrogen (secondary N) is 1. The van der Waals surface area contributed by atoms with Gasteiger partial charge in [-0.25, -0.2) is 0 Å². The minimum absolute atomic E-state index is 0. The summed E-state index contributed by atoms with van der Waals surface area (Å²) >= 11 is 0. The second-order valence-corrected chi connectivity index (χ2v) is 6.24. The molecule has 0 aliphatic carbocycles. The van der Waals surface area contributed by atoms with Crippen molar-refractivity contribution in [2.24, 2.45) is 16.8 Å². The highest BCUT2D eigenvalue weighted by Crippen LogP contribution is 2.13. The van der Waals surface area contributed by atoms with Gasteiger partial charge in [-0.05, 0) is 19.3 Å². The van der Waals surface area contributed by atoms with Gasteiger partial charge in [0.05, 0.1) is 19.8 Å². The first kappa shape index (κ1) is 20.9. The maximum absolute atomic E-state index is 5.71. The zero-order valence-corrected chi connectivity index (χ0v) is 16.8. The molecular formula is C16H32IN3O3. The Balaban J connectivity index is 0.00000264. The van der Waals surface area contributed by atoms with E-state index in [1.54, 1.807) is 0 Å². The molecule has 2 heterocycles. The summed E-state index contributed by atoms with van der Waals surface area (Å²) in [5.41, 5.74) is 0. The molecule has 0 aromatic heterocycles. The molecule has 2 atom stereocenters. The van der Waals surface area contributed by atoms with Crippen LogP contribution in [0.2, 0.25) is 0 Å². The van der Waals surface area contributed by atoms with E-state index in [1.165, 1.54) is 0 Å². The molecule has 6 nitrogen and oxygen atoms in total. The van der Waals surface area contributed by atoms with Gasteiger partial charge in [0.1, 0.15) is 0 Å². The summed E-state index contributed by atoms with van der Waals surface area (Å²) in [5.74, 6) is 2.18. The van der Waals surface area contributed by atoms with Gasteiger partial charge in [0.15, 0.2) is 5.96 Å². The maximum atomic E-state index is 5.71. The number of halogens is 1. The summed E-state index contributed by atoms with van der Waals surface area (Å²) in [5, 5.41) is 3.40. The largest absolute Gasteiger partial charge is 0.381 e. The predicted octanol–water partition coefficient (Wildman–Crippen LogP) is 1.59. The van der Waals surface area contributed by atoms with E-state index in [4.69, 9.17) is 14.2 Å². The van der Waals surface area contributed by atoms with E-state index in [2.05, 4.69) is 22.3 Å². The van der Waals surface area contributed by atoms with Crippen molar-refractivity contribution in [1.29, 1.82) is 0 Å². The van der Waals surface area contributed by atoms with Crippen LogP contribution < -0.4 is 5.32 Å². The van der Waals surface area contributed by atoms with Gasteiger partial charge in [0.25, 0.3) is 0 Å². The van der Waals surface area contributed by atoms with Gasteiger partial charge in [0, 0.05) is 58.8 Å². The van der Waals surface area contributed by atoms with Crippen molar-refractivity contribution >= 4 is 29.9 Å². The fraction of sp³-hybridized carbons (Fsp3) is 0.938. The van der Waals surface area contributed by atoms with Crippen molar-refractivity contribution in [3.05, 3.63) is 0 Å². The molecule has 23 heavy (non-hydrogen) atoms. The number of guanidine groups is 1. The molecule has 2 fully saturated rings. The Hall–Kier alpha value is -0.120. The van der Waals surface area contributed by atoms with Crippen molar-refractivity contribution in [3.63, 3.8) is 0 Å². The first-order valence-corrected chi connectivity index (χ1v) is 8.44. The van der Waals surface area contributed by atoms with Crippen molar-refractivity contribution in [1.82, 2.24) is 10.2 Å². The van der Waals surface area contributed by atoms with Crippen LogP contribution in [0.15, 0.2) is 4.99 Å². The number of hydrogen-bond donors (Lipinski definition) is 1. The highest BCUT2D eigenvalue weighted by atomic mass is 127. The molecule has 2 unspecified atom stereocenters. The van der Waals surface area contributed by atoms with Crippen LogP contribution in [0.5, 0.6) is 0 Å². The van der Waals surface area contributed by atoms with Crippen LogP contribution in [0.3, 0.4) is 0 Å². The van der Waals surface area contributed by atoms with E-state index in [0.29, 0.717) is 11.8 Å². The van der Waals surface area contributed by atoms with Gasteiger partial charge in [-0.3, -0.25) is 4.99 Å². The van der Waals surface area contributed by atoms with E-state index in [1.807, 2.05) is 7.05 Å². The Kier molecular flexibility index (Phi) is 11.2. The van der Waals surface area contributed by atoms with Gasteiger partial charge >= 0.3 is 0 Å². The minimum atomic E-state index is 0. The smallest absolute Gasteiger partial charge is 0.193 e. The lowest BCUT2D eigenvalue weighted by atomic mass is 10.1. The molecule has 2 aliphatic heterocycles.